The first kappa shape index (κ1) is 36.7. The summed E-state index contributed by atoms with van der Waals surface area (Å²) >= 11 is 1.16. The molecule has 2 fully saturated rings. The lowest BCUT2D eigenvalue weighted by Crippen LogP contribution is -2.51. The van der Waals surface area contributed by atoms with Crippen LogP contribution >= 0.6 is 11.8 Å². The number of amides is 3. The van der Waals surface area contributed by atoms with Gasteiger partial charge in [-0.2, -0.15) is 4.98 Å². The molecule has 16 heteroatoms. The largest absolute Gasteiger partial charge is 0.496 e. The van der Waals surface area contributed by atoms with Crippen molar-refractivity contribution in [1.82, 2.24) is 35.0 Å². The van der Waals surface area contributed by atoms with E-state index >= 15 is 0 Å². The van der Waals surface area contributed by atoms with Crippen LogP contribution in [0.1, 0.15) is 50.2 Å². The van der Waals surface area contributed by atoms with Crippen molar-refractivity contribution < 1.29 is 29.0 Å². The second-order valence-corrected chi connectivity index (χ2v) is 13.8. The van der Waals surface area contributed by atoms with Gasteiger partial charge in [-0.15, -0.1) is 11.8 Å². The Morgan fingerprint density at radius 2 is 1.90 bits per heavy atom. The van der Waals surface area contributed by atoms with Crippen LogP contribution in [0.4, 0.5) is 11.8 Å². The third-order valence-electron chi connectivity index (χ3n) is 8.93. The van der Waals surface area contributed by atoms with Crippen LogP contribution in [-0.2, 0) is 32.3 Å². The number of fused-ring (bicyclic) bond motifs is 1. The Bertz CT molecular complexity index is 1680. The van der Waals surface area contributed by atoms with Crippen LogP contribution in [-0.4, -0.2) is 117 Å². The number of methoxy groups -OCH3 is 1. The lowest BCUT2D eigenvalue weighted by Gasteiger charge is -2.35. The minimum atomic E-state index is -1.09. The number of hydrogen-bond acceptors (Lipinski definition) is 11. The molecule has 2 atom stereocenters. The minimum absolute atomic E-state index is 0.0324. The molecule has 0 radical (unpaired) electrons. The van der Waals surface area contributed by atoms with Crippen molar-refractivity contribution >= 4 is 58.3 Å². The number of piperazine rings is 1. The van der Waals surface area contributed by atoms with Gasteiger partial charge in [-0.25, -0.2) is 9.78 Å². The summed E-state index contributed by atoms with van der Waals surface area (Å²) in [5.74, 6) is 0.0471. The van der Waals surface area contributed by atoms with Gasteiger partial charge in [0.05, 0.1) is 24.4 Å². The molecule has 15 nitrogen and oxygen atoms in total. The van der Waals surface area contributed by atoms with Gasteiger partial charge < -0.3 is 41.0 Å². The van der Waals surface area contributed by atoms with E-state index in [0.717, 1.165) is 90.9 Å². The van der Waals surface area contributed by atoms with Crippen LogP contribution in [0.3, 0.4) is 0 Å². The third kappa shape index (κ3) is 9.56. The molecule has 270 valence electrons. The average Bonchev–Trinajstić information content (AvgIpc) is 3.50. The number of carbonyl (C=O) groups is 4. The Morgan fingerprint density at radius 3 is 2.62 bits per heavy atom. The molecule has 0 aliphatic carbocycles. The lowest BCUT2D eigenvalue weighted by molar-refractivity contribution is -0.141. The number of nitrogens with one attached hydrogen (secondary N) is 3. The van der Waals surface area contributed by atoms with Crippen LogP contribution in [0.2, 0.25) is 0 Å². The summed E-state index contributed by atoms with van der Waals surface area (Å²) in [6.45, 7) is 7.09. The highest BCUT2D eigenvalue weighted by molar-refractivity contribution is 8.00. The van der Waals surface area contributed by atoms with E-state index in [4.69, 9.17) is 15.6 Å². The highest BCUT2D eigenvalue weighted by atomic mass is 32.2. The lowest BCUT2D eigenvalue weighted by atomic mass is 10.1. The third-order valence-corrected chi connectivity index (χ3v) is 10.2. The molecule has 2 aliphatic rings. The summed E-state index contributed by atoms with van der Waals surface area (Å²) in [5.41, 5.74) is 9.83. The molecule has 1 unspecified atom stereocenters. The maximum atomic E-state index is 12.8. The first-order valence-corrected chi connectivity index (χ1v) is 18.1. The second kappa shape index (κ2) is 17.4. The van der Waals surface area contributed by atoms with Crippen LogP contribution < -0.4 is 26.4 Å². The number of carbonyl (C=O) groups excluding carboxylic acids is 3. The first-order chi connectivity index (χ1) is 24.1. The Morgan fingerprint density at radius 1 is 1.10 bits per heavy atom. The van der Waals surface area contributed by atoms with Gasteiger partial charge in [-0.05, 0) is 24.1 Å². The standard InChI is InChI=1S/C34H47N9O6S/c1-3-4-5-10-37-31-30-24(39-34(35)40-31)9-12-43(30)20-23-7-6-22(17-26(23)49-2)19-41-13-15-42(16-14-41)29(45)8-11-36-28(44)18-27-32(46)38-25(21-50-27)33(47)48/h6-7,9,12,17,25,27H,3-5,8,10-11,13-16,18-21H2,1-2H3,(H,36,44)(H,38,46)(H,47,48)(H3,35,37,39,40)/t25-,27?/m0/s1. The first-order valence-electron chi connectivity index (χ1n) is 17.1. The molecular weight excluding hydrogens is 662 g/mol. The van der Waals surface area contributed by atoms with E-state index in [1.54, 1.807) is 7.11 Å². The van der Waals surface area contributed by atoms with E-state index in [2.05, 4.69) is 60.5 Å². The number of nitrogens with zero attached hydrogens (tertiary/aromatic N) is 5. The van der Waals surface area contributed by atoms with E-state index in [-0.39, 0.29) is 42.9 Å². The molecule has 1 aromatic carbocycles. The fraction of sp³-hybridized carbons (Fsp3) is 0.529. The Labute approximate surface area is 295 Å². The summed E-state index contributed by atoms with van der Waals surface area (Å²) in [6.07, 6.45) is 5.43. The minimum Gasteiger partial charge on any atom is -0.496 e. The van der Waals surface area contributed by atoms with Gasteiger partial charge in [0.15, 0.2) is 5.82 Å². The van der Waals surface area contributed by atoms with E-state index < -0.39 is 23.2 Å². The number of unbranched alkanes of at least 4 members (excludes halogenated alkanes) is 2. The van der Waals surface area contributed by atoms with E-state index in [9.17, 15) is 19.2 Å². The molecule has 4 heterocycles. The van der Waals surface area contributed by atoms with Crippen molar-refractivity contribution in [1.29, 1.82) is 0 Å². The zero-order valence-electron chi connectivity index (χ0n) is 28.7. The predicted molar refractivity (Wildman–Crippen MR) is 192 cm³/mol. The van der Waals surface area contributed by atoms with Gasteiger partial charge in [-0.1, -0.05) is 31.9 Å². The number of nitrogen functional groups attached to an aromatic ring is 1. The van der Waals surface area contributed by atoms with Crippen molar-refractivity contribution in [2.24, 2.45) is 0 Å². The molecule has 50 heavy (non-hydrogen) atoms. The topological polar surface area (TPSA) is 197 Å². The zero-order valence-corrected chi connectivity index (χ0v) is 29.5. The highest BCUT2D eigenvalue weighted by Crippen LogP contribution is 2.28. The van der Waals surface area contributed by atoms with Gasteiger partial charge in [0, 0.05) is 76.2 Å². The number of thioether (sulfide) groups is 1. The number of anilines is 2. The molecular formula is C34H47N9O6S. The summed E-state index contributed by atoms with van der Waals surface area (Å²) < 4.78 is 7.93. The zero-order chi connectivity index (χ0) is 35.6. The van der Waals surface area contributed by atoms with Gasteiger partial charge in [0.25, 0.3) is 0 Å². The van der Waals surface area contributed by atoms with E-state index in [1.165, 1.54) is 0 Å². The molecule has 3 aromatic rings. The fourth-order valence-corrected chi connectivity index (χ4v) is 7.30. The van der Waals surface area contributed by atoms with Crippen molar-refractivity contribution in [2.75, 3.05) is 63.2 Å². The van der Waals surface area contributed by atoms with Crippen molar-refractivity contribution in [3.8, 4) is 5.75 Å². The molecule has 3 amide bonds. The summed E-state index contributed by atoms with van der Waals surface area (Å²) in [5, 5.41) is 17.0. The van der Waals surface area contributed by atoms with Crippen LogP contribution in [0.15, 0.2) is 30.5 Å². The molecule has 0 bridgehead atoms. The number of hydrogen-bond donors (Lipinski definition) is 5. The normalized spacial score (nSPS) is 18.1. The summed E-state index contributed by atoms with van der Waals surface area (Å²) in [6, 6.07) is 7.28. The van der Waals surface area contributed by atoms with Crippen LogP contribution in [0, 0.1) is 0 Å². The summed E-state index contributed by atoms with van der Waals surface area (Å²) in [4.78, 5) is 61.4. The SMILES string of the molecule is CCCCCNc1nc(N)nc2ccn(Cc3ccc(CN4CCN(C(=O)CCNC(=O)CC5SC[C@@H](C(=O)O)NC5=O)CC4)cc3OC)c12. The van der Waals surface area contributed by atoms with Crippen LogP contribution in [0.25, 0.3) is 11.0 Å². The maximum Gasteiger partial charge on any atom is 0.327 e. The summed E-state index contributed by atoms with van der Waals surface area (Å²) in [7, 11) is 1.68. The molecule has 2 saturated heterocycles. The maximum absolute atomic E-state index is 12.8. The van der Waals surface area contributed by atoms with Crippen LogP contribution in [0.5, 0.6) is 5.75 Å². The van der Waals surface area contributed by atoms with Gasteiger partial charge in [0.1, 0.15) is 17.3 Å². The fourth-order valence-electron chi connectivity index (χ4n) is 6.16. The van der Waals surface area contributed by atoms with Gasteiger partial charge in [0.2, 0.25) is 23.7 Å². The van der Waals surface area contributed by atoms with Crippen molar-refractivity contribution in [3.05, 3.63) is 41.6 Å². The second-order valence-electron chi connectivity index (χ2n) is 12.6. The van der Waals surface area contributed by atoms with Gasteiger partial charge >= 0.3 is 5.97 Å². The van der Waals surface area contributed by atoms with Gasteiger partial charge in [-0.3, -0.25) is 19.3 Å². The Kier molecular flexibility index (Phi) is 12.8. The Hall–Kier alpha value is -4.57. The number of rotatable bonds is 16. The molecule has 0 saturated carbocycles. The molecule has 2 aliphatic heterocycles. The number of carboxylic acid groups (broad SMARTS) is 1. The number of benzene rings is 1. The van der Waals surface area contributed by atoms with E-state index in [1.807, 2.05) is 17.2 Å². The Balaban J connectivity index is 1.08. The molecule has 5 rings (SSSR count). The van der Waals surface area contributed by atoms with E-state index in [0.29, 0.717) is 19.6 Å². The average molecular weight is 710 g/mol. The van der Waals surface area contributed by atoms with Crippen molar-refractivity contribution in [3.63, 3.8) is 0 Å². The quantitative estimate of drug-likeness (QED) is 0.136. The molecule has 6 N–H and O–H groups in total. The number of nitrogens with two attached hydrogens (primary N) is 1. The monoisotopic (exact) mass is 709 g/mol. The number of aliphatic carboxylic acids is 1. The van der Waals surface area contributed by atoms with Crippen molar-refractivity contribution in [2.45, 2.75) is 63.4 Å². The predicted octanol–water partition coefficient (Wildman–Crippen LogP) is 1.90. The number of aromatic nitrogens is 3. The number of ether oxygens (including phenoxy) is 1. The smallest absolute Gasteiger partial charge is 0.327 e. The number of carboxylic acids is 1. The molecule has 2 aromatic heterocycles. The molecule has 0 spiro atoms. The highest BCUT2D eigenvalue weighted by Gasteiger charge is 2.33.